The van der Waals surface area contributed by atoms with Gasteiger partial charge in [0.2, 0.25) is 11.8 Å². The molecule has 0 saturated carbocycles. The number of anilines is 1. The second kappa shape index (κ2) is 11.9. The van der Waals surface area contributed by atoms with Crippen molar-refractivity contribution in [2.24, 2.45) is 0 Å². The van der Waals surface area contributed by atoms with Crippen LogP contribution in [0.4, 0.5) is 5.69 Å². The lowest BCUT2D eigenvalue weighted by Gasteiger charge is -2.35. The fraction of sp³-hybridized carbons (Fsp3) is 0.652. The van der Waals surface area contributed by atoms with E-state index in [0.717, 1.165) is 65.1 Å². The molecule has 0 aromatic heterocycles. The molecule has 2 amide bonds. The van der Waals surface area contributed by atoms with Crippen molar-refractivity contribution in [3.63, 3.8) is 0 Å². The molecule has 7 heteroatoms. The molecule has 0 spiro atoms. The average Bonchev–Trinajstić information content (AvgIpc) is 2.79. The number of likely N-dealkylation sites (tertiary alicyclic amines) is 1. The third kappa shape index (κ3) is 7.29. The van der Waals surface area contributed by atoms with E-state index in [9.17, 15) is 9.59 Å². The van der Waals surface area contributed by atoms with Gasteiger partial charge in [-0.3, -0.25) is 19.4 Å². The van der Waals surface area contributed by atoms with Gasteiger partial charge in [-0.05, 0) is 37.8 Å². The Kier molecular flexibility index (Phi) is 8.96. The van der Waals surface area contributed by atoms with Crippen molar-refractivity contribution in [2.45, 2.75) is 25.7 Å². The van der Waals surface area contributed by atoms with Crippen LogP contribution in [0.15, 0.2) is 30.3 Å². The van der Waals surface area contributed by atoms with E-state index in [4.69, 9.17) is 0 Å². The van der Waals surface area contributed by atoms with E-state index < -0.39 is 0 Å². The lowest BCUT2D eigenvalue weighted by Crippen LogP contribution is -2.52. The Morgan fingerprint density at radius 2 is 1.53 bits per heavy atom. The first-order valence-corrected chi connectivity index (χ1v) is 11.4. The highest BCUT2D eigenvalue weighted by Gasteiger charge is 2.23. The van der Waals surface area contributed by atoms with Gasteiger partial charge in [0.15, 0.2) is 0 Å². The minimum atomic E-state index is 0.0928. The molecule has 0 unspecified atom stereocenters. The lowest BCUT2D eigenvalue weighted by atomic mass is 10.1. The van der Waals surface area contributed by atoms with Gasteiger partial charge < -0.3 is 15.1 Å². The molecule has 7 nitrogen and oxygen atoms in total. The highest BCUT2D eigenvalue weighted by Crippen LogP contribution is 2.11. The van der Waals surface area contributed by atoms with Crippen molar-refractivity contribution in [2.75, 3.05) is 77.4 Å². The second-order valence-corrected chi connectivity index (χ2v) is 8.45. The van der Waals surface area contributed by atoms with Crippen molar-refractivity contribution in [3.05, 3.63) is 30.3 Å². The van der Waals surface area contributed by atoms with Gasteiger partial charge in [0.1, 0.15) is 0 Å². The Labute approximate surface area is 181 Å². The average molecular weight is 416 g/mol. The van der Waals surface area contributed by atoms with E-state index in [1.54, 1.807) is 0 Å². The fourth-order valence-corrected chi connectivity index (χ4v) is 4.15. The molecule has 0 radical (unpaired) electrons. The standard InChI is InChI=1S/C23H37N5O2/c1-25(21-9-4-2-5-10-21)12-8-11-24-22(29)19-26-15-17-27(18-16-26)20-23(30)28-13-6-3-7-14-28/h2,4-5,9-10H,3,6-8,11-20H2,1H3,(H,24,29). The van der Waals surface area contributed by atoms with Crippen LogP contribution in [0.5, 0.6) is 0 Å². The number of nitrogens with one attached hydrogen (secondary N) is 1. The van der Waals surface area contributed by atoms with E-state index in [1.165, 1.54) is 12.1 Å². The molecular weight excluding hydrogens is 378 g/mol. The summed E-state index contributed by atoms with van der Waals surface area (Å²) in [7, 11) is 2.08. The predicted molar refractivity (Wildman–Crippen MR) is 121 cm³/mol. The number of hydrogen-bond donors (Lipinski definition) is 1. The Bertz CT molecular complexity index is 655. The first kappa shape index (κ1) is 22.6. The minimum absolute atomic E-state index is 0.0928. The smallest absolute Gasteiger partial charge is 0.236 e. The lowest BCUT2D eigenvalue weighted by molar-refractivity contribution is -0.134. The van der Waals surface area contributed by atoms with Gasteiger partial charge in [0, 0.05) is 65.1 Å². The van der Waals surface area contributed by atoms with Crippen LogP contribution in [0.3, 0.4) is 0 Å². The third-order valence-electron chi connectivity index (χ3n) is 6.09. The van der Waals surface area contributed by atoms with Crippen LogP contribution in [-0.4, -0.2) is 99.0 Å². The molecule has 1 aromatic carbocycles. The zero-order valence-electron chi connectivity index (χ0n) is 18.4. The maximum Gasteiger partial charge on any atom is 0.236 e. The quantitative estimate of drug-likeness (QED) is 0.616. The second-order valence-electron chi connectivity index (χ2n) is 8.45. The van der Waals surface area contributed by atoms with Gasteiger partial charge in [0.25, 0.3) is 0 Å². The monoisotopic (exact) mass is 415 g/mol. The highest BCUT2D eigenvalue weighted by molar-refractivity contribution is 5.78. The van der Waals surface area contributed by atoms with E-state index in [-0.39, 0.29) is 11.8 Å². The number of piperidine rings is 1. The molecule has 0 aliphatic carbocycles. The molecule has 166 valence electrons. The van der Waals surface area contributed by atoms with Crippen LogP contribution in [-0.2, 0) is 9.59 Å². The molecule has 3 rings (SSSR count). The number of benzene rings is 1. The third-order valence-corrected chi connectivity index (χ3v) is 6.09. The molecule has 1 aromatic rings. The van der Waals surface area contributed by atoms with E-state index in [0.29, 0.717) is 19.6 Å². The van der Waals surface area contributed by atoms with Crippen molar-refractivity contribution in [1.82, 2.24) is 20.0 Å². The van der Waals surface area contributed by atoms with Gasteiger partial charge in [0.05, 0.1) is 13.1 Å². The number of piperazine rings is 1. The van der Waals surface area contributed by atoms with Crippen LogP contribution < -0.4 is 10.2 Å². The van der Waals surface area contributed by atoms with Gasteiger partial charge >= 0.3 is 0 Å². The number of nitrogens with zero attached hydrogens (tertiary/aromatic N) is 4. The van der Waals surface area contributed by atoms with Crippen LogP contribution >= 0.6 is 0 Å². The van der Waals surface area contributed by atoms with Crippen LogP contribution in [0, 0.1) is 0 Å². The zero-order valence-corrected chi connectivity index (χ0v) is 18.4. The van der Waals surface area contributed by atoms with Crippen molar-refractivity contribution in [3.8, 4) is 0 Å². The number of rotatable bonds is 9. The minimum Gasteiger partial charge on any atom is -0.375 e. The van der Waals surface area contributed by atoms with Crippen LogP contribution in [0.25, 0.3) is 0 Å². The molecule has 0 bridgehead atoms. The Balaban J connectivity index is 1.25. The summed E-state index contributed by atoms with van der Waals surface area (Å²) >= 11 is 0. The summed E-state index contributed by atoms with van der Waals surface area (Å²) in [5, 5.41) is 3.04. The normalized spacial score (nSPS) is 18.2. The number of carbonyl (C=O) groups excluding carboxylic acids is 2. The van der Waals surface area contributed by atoms with Crippen molar-refractivity contribution in [1.29, 1.82) is 0 Å². The Morgan fingerprint density at radius 1 is 0.900 bits per heavy atom. The van der Waals surface area contributed by atoms with Gasteiger partial charge in [-0.2, -0.15) is 0 Å². The maximum atomic E-state index is 12.4. The summed E-state index contributed by atoms with van der Waals surface area (Å²) < 4.78 is 0. The number of hydrogen-bond acceptors (Lipinski definition) is 5. The number of amides is 2. The SMILES string of the molecule is CN(CCCNC(=O)CN1CCN(CC(=O)N2CCCCC2)CC1)c1ccccc1. The van der Waals surface area contributed by atoms with Crippen molar-refractivity contribution >= 4 is 17.5 Å². The van der Waals surface area contributed by atoms with Gasteiger partial charge in [-0.1, -0.05) is 18.2 Å². The maximum absolute atomic E-state index is 12.4. The molecule has 2 aliphatic heterocycles. The first-order chi connectivity index (χ1) is 14.6. The molecular formula is C23H37N5O2. The molecule has 2 saturated heterocycles. The fourth-order valence-electron chi connectivity index (χ4n) is 4.15. The topological polar surface area (TPSA) is 59.1 Å². The van der Waals surface area contributed by atoms with Gasteiger partial charge in [-0.15, -0.1) is 0 Å². The molecule has 30 heavy (non-hydrogen) atoms. The van der Waals surface area contributed by atoms with E-state index in [2.05, 4.69) is 39.2 Å². The van der Waals surface area contributed by atoms with Crippen LogP contribution in [0.2, 0.25) is 0 Å². The Morgan fingerprint density at radius 3 is 2.20 bits per heavy atom. The van der Waals surface area contributed by atoms with E-state index in [1.807, 2.05) is 23.1 Å². The molecule has 1 N–H and O–H groups in total. The van der Waals surface area contributed by atoms with Crippen LogP contribution in [0.1, 0.15) is 25.7 Å². The Hall–Kier alpha value is -2.12. The number of para-hydroxylation sites is 1. The van der Waals surface area contributed by atoms with E-state index >= 15 is 0 Å². The molecule has 2 heterocycles. The predicted octanol–water partition coefficient (Wildman–Crippen LogP) is 1.26. The first-order valence-electron chi connectivity index (χ1n) is 11.4. The number of carbonyl (C=O) groups is 2. The molecule has 0 atom stereocenters. The highest BCUT2D eigenvalue weighted by atomic mass is 16.2. The summed E-state index contributed by atoms with van der Waals surface area (Å²) in [4.78, 5) is 33.3. The summed E-state index contributed by atoms with van der Waals surface area (Å²) in [6.07, 6.45) is 4.44. The van der Waals surface area contributed by atoms with Gasteiger partial charge in [-0.25, -0.2) is 0 Å². The zero-order chi connectivity index (χ0) is 21.2. The summed E-state index contributed by atoms with van der Waals surface area (Å²) in [6, 6.07) is 10.3. The van der Waals surface area contributed by atoms with Crippen molar-refractivity contribution < 1.29 is 9.59 Å². The largest absolute Gasteiger partial charge is 0.375 e. The molecule has 2 aliphatic rings. The summed E-state index contributed by atoms with van der Waals surface area (Å²) in [6.45, 7) is 7.81. The summed E-state index contributed by atoms with van der Waals surface area (Å²) in [5.74, 6) is 0.358. The summed E-state index contributed by atoms with van der Waals surface area (Å²) in [5.41, 5.74) is 1.19. The molecule has 2 fully saturated rings.